The lowest BCUT2D eigenvalue weighted by molar-refractivity contribution is -0.124. The van der Waals surface area contributed by atoms with Crippen molar-refractivity contribution in [3.63, 3.8) is 0 Å². The quantitative estimate of drug-likeness (QED) is 0.891. The zero-order chi connectivity index (χ0) is 14.8. The van der Waals surface area contributed by atoms with Crippen molar-refractivity contribution >= 4 is 17.2 Å². The summed E-state index contributed by atoms with van der Waals surface area (Å²) >= 11 is 1.67. The molecule has 1 heterocycles. The smallest absolute Gasteiger partial charge is 0.220 e. The van der Waals surface area contributed by atoms with E-state index in [1.165, 1.54) is 16.0 Å². The Morgan fingerprint density at radius 3 is 2.67 bits per heavy atom. The molecule has 0 radical (unpaired) electrons. The number of rotatable bonds is 5. The maximum Gasteiger partial charge on any atom is 0.220 e. The second-order valence-corrected chi connectivity index (χ2v) is 6.47. The number of carbonyl (C=O) groups excluding carboxylic acids is 1. The number of nitrogens with two attached hydrogens (primary N) is 1. The van der Waals surface area contributed by atoms with Crippen molar-refractivity contribution in [3.8, 4) is 10.4 Å². The first-order valence-electron chi connectivity index (χ1n) is 7.15. The van der Waals surface area contributed by atoms with Crippen LogP contribution in [0.3, 0.4) is 0 Å². The topological polar surface area (TPSA) is 68.0 Å². The van der Waals surface area contributed by atoms with Gasteiger partial charge in [0.2, 0.25) is 5.91 Å². The Labute approximate surface area is 128 Å². The van der Waals surface area contributed by atoms with Gasteiger partial charge in [0, 0.05) is 18.5 Å². The van der Waals surface area contributed by atoms with Crippen LogP contribution in [0.2, 0.25) is 0 Å². The summed E-state index contributed by atoms with van der Waals surface area (Å²) in [5.74, 6) is -0.100. The van der Waals surface area contributed by atoms with Crippen LogP contribution in [-0.2, 0) is 11.3 Å². The Hall–Kier alpha value is -1.72. The van der Waals surface area contributed by atoms with Crippen LogP contribution in [0.1, 0.15) is 24.1 Å². The monoisotopic (exact) mass is 301 g/mol. The largest absolute Gasteiger partial charge is 0.369 e. The molecule has 3 rings (SSSR count). The van der Waals surface area contributed by atoms with Gasteiger partial charge in [-0.1, -0.05) is 24.3 Å². The number of hydrogen-bond donors (Lipinski definition) is 2. The van der Waals surface area contributed by atoms with Gasteiger partial charge in [-0.25, -0.2) is 4.98 Å². The lowest BCUT2D eigenvalue weighted by Gasteiger charge is -2.33. The van der Waals surface area contributed by atoms with Gasteiger partial charge in [-0.3, -0.25) is 4.79 Å². The normalized spacial score (nSPS) is 21.0. The van der Waals surface area contributed by atoms with Gasteiger partial charge >= 0.3 is 0 Å². The third-order valence-electron chi connectivity index (χ3n) is 4.10. The van der Waals surface area contributed by atoms with Crippen molar-refractivity contribution < 1.29 is 4.79 Å². The fourth-order valence-corrected chi connectivity index (χ4v) is 3.44. The number of benzene rings is 1. The minimum atomic E-state index is -0.169. The number of nitrogens with one attached hydrogen (secondary N) is 1. The number of carbonyl (C=O) groups is 1. The van der Waals surface area contributed by atoms with Crippen LogP contribution >= 0.6 is 11.3 Å². The van der Waals surface area contributed by atoms with Crippen molar-refractivity contribution in [1.82, 2.24) is 10.3 Å². The molecular weight excluding hydrogens is 282 g/mol. The summed E-state index contributed by atoms with van der Waals surface area (Å²) in [7, 11) is 0. The van der Waals surface area contributed by atoms with Gasteiger partial charge in [0.15, 0.2) is 0 Å². The molecule has 1 amide bonds. The lowest BCUT2D eigenvalue weighted by atomic mass is 9.80. The molecule has 4 nitrogen and oxygen atoms in total. The Bertz CT molecular complexity index is 629. The molecular formula is C16H19N3OS. The van der Waals surface area contributed by atoms with Crippen molar-refractivity contribution in [2.75, 3.05) is 0 Å². The van der Waals surface area contributed by atoms with E-state index in [0.29, 0.717) is 6.04 Å². The maximum atomic E-state index is 11.0. The predicted molar refractivity (Wildman–Crippen MR) is 84.8 cm³/mol. The van der Waals surface area contributed by atoms with Gasteiger partial charge in [-0.2, -0.15) is 0 Å². The van der Waals surface area contributed by atoms with E-state index in [9.17, 15) is 4.79 Å². The third-order valence-corrected chi connectivity index (χ3v) is 5.07. The molecule has 1 aliphatic rings. The van der Waals surface area contributed by atoms with Gasteiger partial charge in [0.25, 0.3) is 0 Å². The Morgan fingerprint density at radius 2 is 2.10 bits per heavy atom. The number of nitrogens with zero attached hydrogens (tertiary/aromatic N) is 1. The molecule has 0 unspecified atom stereocenters. The fraction of sp³-hybridized carbons (Fsp3) is 0.375. The molecule has 3 N–H and O–H groups in total. The molecule has 0 saturated heterocycles. The second-order valence-electron chi connectivity index (χ2n) is 5.61. The van der Waals surface area contributed by atoms with E-state index < -0.39 is 0 Å². The summed E-state index contributed by atoms with van der Waals surface area (Å²) < 4.78 is 0. The average molecular weight is 301 g/mol. The van der Waals surface area contributed by atoms with Crippen LogP contribution in [0, 0.1) is 12.8 Å². The van der Waals surface area contributed by atoms with Crippen LogP contribution in [0.5, 0.6) is 0 Å². The first-order chi connectivity index (χ1) is 10.1. The first kappa shape index (κ1) is 14.2. The number of primary amides is 1. The molecule has 5 heteroatoms. The maximum absolute atomic E-state index is 11.0. The highest BCUT2D eigenvalue weighted by atomic mass is 32.1. The number of thiazole rings is 1. The minimum Gasteiger partial charge on any atom is -0.369 e. The number of aryl methyl sites for hydroxylation is 1. The molecule has 0 aliphatic heterocycles. The number of aromatic nitrogens is 1. The Kier molecular flexibility index (Phi) is 4.03. The Morgan fingerprint density at radius 1 is 1.38 bits per heavy atom. The van der Waals surface area contributed by atoms with Crippen molar-refractivity contribution in [1.29, 1.82) is 0 Å². The summed E-state index contributed by atoms with van der Waals surface area (Å²) in [6, 6.07) is 9.00. The molecule has 110 valence electrons. The summed E-state index contributed by atoms with van der Waals surface area (Å²) in [5.41, 5.74) is 10.7. The molecule has 2 aromatic rings. The SMILES string of the molecule is Cc1ncsc1-c1ccc(CNC2CC(C(N)=O)C2)cc1. The van der Waals surface area contributed by atoms with Gasteiger partial charge in [0.05, 0.1) is 16.1 Å². The van der Waals surface area contributed by atoms with E-state index in [4.69, 9.17) is 5.73 Å². The zero-order valence-corrected chi connectivity index (χ0v) is 12.8. The third kappa shape index (κ3) is 3.14. The van der Waals surface area contributed by atoms with Crippen LogP contribution < -0.4 is 11.1 Å². The molecule has 0 bridgehead atoms. The van der Waals surface area contributed by atoms with Crippen molar-refractivity contribution in [3.05, 3.63) is 41.0 Å². The fourth-order valence-electron chi connectivity index (χ4n) is 2.63. The van der Waals surface area contributed by atoms with E-state index in [0.717, 1.165) is 25.1 Å². The minimum absolute atomic E-state index is 0.0687. The van der Waals surface area contributed by atoms with Gasteiger partial charge in [-0.15, -0.1) is 11.3 Å². The summed E-state index contributed by atoms with van der Waals surface area (Å²) in [6.07, 6.45) is 1.74. The van der Waals surface area contributed by atoms with E-state index in [-0.39, 0.29) is 11.8 Å². The van der Waals surface area contributed by atoms with Crippen LogP contribution in [-0.4, -0.2) is 16.9 Å². The van der Waals surface area contributed by atoms with Crippen LogP contribution in [0.25, 0.3) is 10.4 Å². The molecule has 1 saturated carbocycles. The summed E-state index contributed by atoms with van der Waals surface area (Å²) in [6.45, 7) is 2.87. The van der Waals surface area contributed by atoms with Crippen LogP contribution in [0.4, 0.5) is 0 Å². The molecule has 1 fully saturated rings. The summed E-state index contributed by atoms with van der Waals surface area (Å²) in [5, 5.41) is 3.47. The van der Waals surface area contributed by atoms with E-state index in [1.807, 2.05) is 12.4 Å². The standard InChI is InChI=1S/C16H19N3OS/c1-10-15(21-9-19-10)12-4-2-11(3-5-12)8-18-14-6-13(7-14)16(17)20/h2-5,9,13-14,18H,6-8H2,1H3,(H2,17,20). The van der Waals surface area contributed by atoms with E-state index in [1.54, 1.807) is 11.3 Å². The second kappa shape index (κ2) is 5.95. The Balaban J connectivity index is 1.54. The molecule has 21 heavy (non-hydrogen) atoms. The highest BCUT2D eigenvalue weighted by Gasteiger charge is 2.32. The lowest BCUT2D eigenvalue weighted by Crippen LogP contribution is -2.45. The molecule has 0 atom stereocenters. The van der Waals surface area contributed by atoms with Gasteiger partial charge in [-0.05, 0) is 30.9 Å². The zero-order valence-electron chi connectivity index (χ0n) is 12.0. The highest BCUT2D eigenvalue weighted by Crippen LogP contribution is 2.28. The van der Waals surface area contributed by atoms with E-state index in [2.05, 4.69) is 34.6 Å². The van der Waals surface area contributed by atoms with Gasteiger partial charge in [0.1, 0.15) is 0 Å². The van der Waals surface area contributed by atoms with Crippen LogP contribution in [0.15, 0.2) is 29.8 Å². The van der Waals surface area contributed by atoms with E-state index >= 15 is 0 Å². The van der Waals surface area contributed by atoms with Gasteiger partial charge < -0.3 is 11.1 Å². The molecule has 1 aromatic heterocycles. The highest BCUT2D eigenvalue weighted by molar-refractivity contribution is 7.13. The summed E-state index contributed by atoms with van der Waals surface area (Å²) in [4.78, 5) is 16.5. The average Bonchev–Trinajstić information content (AvgIpc) is 2.83. The first-order valence-corrected chi connectivity index (χ1v) is 8.03. The van der Waals surface area contributed by atoms with Crippen molar-refractivity contribution in [2.45, 2.75) is 32.4 Å². The number of amides is 1. The predicted octanol–water partition coefficient (Wildman–Crippen LogP) is 2.47. The number of hydrogen-bond acceptors (Lipinski definition) is 4. The molecule has 0 spiro atoms. The van der Waals surface area contributed by atoms with Crippen molar-refractivity contribution in [2.24, 2.45) is 11.7 Å². The molecule has 1 aromatic carbocycles. The molecule has 1 aliphatic carbocycles.